The Bertz CT molecular complexity index is 1450. The van der Waals surface area contributed by atoms with E-state index < -0.39 is 28.0 Å². The number of nitrogens with one attached hydrogen (secondary N) is 1. The van der Waals surface area contributed by atoms with Crippen molar-refractivity contribution in [1.82, 2.24) is 15.3 Å². The molecule has 1 atom stereocenters. The molecule has 13 heteroatoms. The fraction of sp³-hybridized carbons (Fsp3) is 0.400. The predicted molar refractivity (Wildman–Crippen MR) is 143 cm³/mol. The van der Waals surface area contributed by atoms with Gasteiger partial charge >= 0.3 is 15.5 Å². The Morgan fingerprint density at radius 1 is 1.18 bits per heavy atom. The lowest BCUT2D eigenvalue weighted by atomic mass is 9.91. The molecule has 1 aliphatic rings. The maximum atomic E-state index is 13.5. The Labute approximate surface area is 228 Å². The summed E-state index contributed by atoms with van der Waals surface area (Å²) >= 11 is 7.83. The molecule has 0 saturated carbocycles. The molecule has 7 nitrogen and oxygen atoms in total. The fourth-order valence-corrected chi connectivity index (χ4v) is 6.15. The molecule has 1 fully saturated rings. The Morgan fingerprint density at radius 3 is 2.53 bits per heavy atom. The molecule has 204 valence electrons. The SMILES string of the molecule is CC(C)(C)c1cc(-c2nc(-c3ccc(N(CCC4CCNC4=O)S(=O)(=O)C(F)(F)F)cc3Cl)cs2)ccn1. The number of amides is 1. The topological polar surface area (TPSA) is 92.3 Å². The third kappa shape index (κ3) is 5.81. The smallest absolute Gasteiger partial charge is 0.356 e. The van der Waals surface area contributed by atoms with Crippen LogP contribution in [0.1, 0.15) is 39.3 Å². The minimum absolute atomic E-state index is 0.0467. The van der Waals surface area contributed by atoms with Crippen LogP contribution in [-0.2, 0) is 20.2 Å². The Kier molecular flexibility index (Phi) is 7.79. The summed E-state index contributed by atoms with van der Waals surface area (Å²) in [5.74, 6) is -0.859. The lowest BCUT2D eigenvalue weighted by Crippen LogP contribution is -2.42. The summed E-state index contributed by atoms with van der Waals surface area (Å²) in [4.78, 5) is 20.9. The second-order valence-electron chi connectivity index (χ2n) is 9.97. The van der Waals surface area contributed by atoms with Crippen LogP contribution in [0.5, 0.6) is 0 Å². The number of alkyl halides is 3. The van der Waals surface area contributed by atoms with E-state index in [9.17, 15) is 26.4 Å². The maximum Gasteiger partial charge on any atom is 0.516 e. The summed E-state index contributed by atoms with van der Waals surface area (Å²) in [5.41, 5.74) is -3.20. The summed E-state index contributed by atoms with van der Waals surface area (Å²) in [7, 11) is -5.72. The third-order valence-electron chi connectivity index (χ3n) is 6.22. The monoisotopic (exact) mass is 586 g/mol. The molecule has 1 saturated heterocycles. The van der Waals surface area contributed by atoms with Crippen molar-refractivity contribution in [3.05, 3.63) is 52.6 Å². The third-order valence-corrected chi connectivity index (χ3v) is 8.98. The molecule has 0 radical (unpaired) electrons. The van der Waals surface area contributed by atoms with Gasteiger partial charge in [-0.1, -0.05) is 32.4 Å². The van der Waals surface area contributed by atoms with Crippen molar-refractivity contribution in [3.63, 3.8) is 0 Å². The normalized spacial score (nSPS) is 16.5. The van der Waals surface area contributed by atoms with Crippen molar-refractivity contribution in [3.8, 4) is 21.8 Å². The zero-order valence-electron chi connectivity index (χ0n) is 20.8. The van der Waals surface area contributed by atoms with E-state index in [2.05, 4.69) is 36.1 Å². The van der Waals surface area contributed by atoms with E-state index in [4.69, 9.17) is 11.6 Å². The van der Waals surface area contributed by atoms with E-state index in [-0.39, 0.29) is 32.8 Å². The van der Waals surface area contributed by atoms with Crippen molar-refractivity contribution < 1.29 is 26.4 Å². The molecule has 1 aromatic carbocycles. The van der Waals surface area contributed by atoms with Gasteiger partial charge in [-0.2, -0.15) is 21.6 Å². The van der Waals surface area contributed by atoms with Crippen LogP contribution in [0.25, 0.3) is 21.8 Å². The van der Waals surface area contributed by atoms with Crippen molar-refractivity contribution in [2.45, 2.75) is 44.5 Å². The van der Waals surface area contributed by atoms with Gasteiger partial charge in [-0.05, 0) is 43.2 Å². The van der Waals surface area contributed by atoms with Crippen LogP contribution in [0, 0.1) is 5.92 Å². The molecular weight excluding hydrogens is 561 g/mol. The highest BCUT2D eigenvalue weighted by Gasteiger charge is 2.50. The van der Waals surface area contributed by atoms with Gasteiger partial charge in [-0.3, -0.25) is 14.1 Å². The van der Waals surface area contributed by atoms with Crippen molar-refractivity contribution in [1.29, 1.82) is 0 Å². The van der Waals surface area contributed by atoms with Crippen LogP contribution in [-0.4, -0.2) is 42.9 Å². The molecule has 38 heavy (non-hydrogen) atoms. The molecule has 1 aliphatic heterocycles. The molecule has 1 N–H and O–H groups in total. The van der Waals surface area contributed by atoms with Crippen LogP contribution in [0.15, 0.2) is 41.9 Å². The van der Waals surface area contributed by atoms with Crippen molar-refractivity contribution >= 4 is 44.6 Å². The number of anilines is 1. The first-order chi connectivity index (χ1) is 17.7. The number of halogens is 4. The fourth-order valence-electron chi connectivity index (χ4n) is 4.08. The molecule has 3 heterocycles. The van der Waals surface area contributed by atoms with Gasteiger partial charge in [0.1, 0.15) is 5.01 Å². The molecule has 0 bridgehead atoms. The molecule has 2 aromatic heterocycles. The van der Waals surface area contributed by atoms with Gasteiger partial charge in [0.25, 0.3) is 0 Å². The van der Waals surface area contributed by atoms with E-state index in [1.54, 1.807) is 11.6 Å². The van der Waals surface area contributed by atoms with Gasteiger partial charge in [0.05, 0.1) is 16.4 Å². The predicted octanol–water partition coefficient (Wildman–Crippen LogP) is 6.01. The first-order valence-electron chi connectivity index (χ1n) is 11.8. The second-order valence-corrected chi connectivity index (χ2v) is 13.1. The molecule has 4 rings (SSSR count). The van der Waals surface area contributed by atoms with Crippen LogP contribution < -0.4 is 9.62 Å². The Morgan fingerprint density at radius 2 is 1.92 bits per heavy atom. The Balaban J connectivity index is 1.64. The molecule has 3 aromatic rings. The summed E-state index contributed by atoms with van der Waals surface area (Å²) < 4.78 is 65.6. The number of benzene rings is 1. The Hall–Kier alpha value is -2.70. The highest BCUT2D eigenvalue weighted by molar-refractivity contribution is 7.93. The number of carbonyl (C=O) groups excluding carboxylic acids is 1. The summed E-state index contributed by atoms with van der Waals surface area (Å²) in [5, 5.41) is 5.13. The number of carbonyl (C=O) groups is 1. The van der Waals surface area contributed by atoms with Gasteiger partial charge in [0.2, 0.25) is 5.91 Å². The minimum atomic E-state index is -5.72. The molecule has 1 unspecified atom stereocenters. The van der Waals surface area contributed by atoms with Gasteiger partial charge in [-0.25, -0.2) is 4.98 Å². The standard InChI is InChI=1S/C25H26ClF3N4O3S2/c1-24(2,3)21-12-16(7-9-30-21)23-32-20(14-37-23)18-5-4-17(13-19(18)26)33(38(35,36)25(27,28)29)11-8-15-6-10-31-22(15)34/h4-5,7,9,12-15H,6,8,10-11H2,1-3H3,(H,31,34). The molecule has 1 amide bonds. The second kappa shape index (κ2) is 10.5. The van der Waals surface area contributed by atoms with Crippen LogP contribution >= 0.6 is 22.9 Å². The quantitative estimate of drug-likeness (QED) is 0.366. The minimum Gasteiger partial charge on any atom is -0.356 e. The van der Waals surface area contributed by atoms with E-state index in [1.807, 2.05) is 12.1 Å². The maximum absolute atomic E-state index is 13.5. The van der Waals surface area contributed by atoms with Gasteiger partial charge in [0.15, 0.2) is 0 Å². The van der Waals surface area contributed by atoms with E-state index in [1.165, 1.54) is 29.5 Å². The van der Waals surface area contributed by atoms with Gasteiger partial charge < -0.3 is 5.32 Å². The number of hydrogen-bond acceptors (Lipinski definition) is 6. The molecular formula is C25H26ClF3N4O3S2. The zero-order valence-corrected chi connectivity index (χ0v) is 23.2. The number of sulfonamides is 1. The lowest BCUT2D eigenvalue weighted by molar-refractivity contribution is -0.122. The first kappa shape index (κ1) is 28.3. The lowest BCUT2D eigenvalue weighted by Gasteiger charge is -2.26. The van der Waals surface area contributed by atoms with Crippen LogP contribution in [0.4, 0.5) is 18.9 Å². The van der Waals surface area contributed by atoms with E-state index in [0.717, 1.165) is 11.3 Å². The average Bonchev–Trinajstić information content (AvgIpc) is 3.47. The highest BCUT2D eigenvalue weighted by Crippen LogP contribution is 2.38. The van der Waals surface area contributed by atoms with Crippen molar-refractivity contribution in [2.24, 2.45) is 5.92 Å². The van der Waals surface area contributed by atoms with Crippen molar-refractivity contribution in [2.75, 3.05) is 17.4 Å². The number of rotatable bonds is 7. The number of hydrogen-bond donors (Lipinski definition) is 1. The summed E-state index contributed by atoms with van der Waals surface area (Å²) in [6, 6.07) is 7.69. The largest absolute Gasteiger partial charge is 0.516 e. The van der Waals surface area contributed by atoms with Gasteiger partial charge in [0, 0.05) is 52.8 Å². The van der Waals surface area contributed by atoms with Gasteiger partial charge in [-0.15, -0.1) is 11.3 Å². The summed E-state index contributed by atoms with van der Waals surface area (Å²) in [6.07, 6.45) is 2.08. The number of aromatic nitrogens is 2. The van der Waals surface area contributed by atoms with E-state index >= 15 is 0 Å². The van der Waals surface area contributed by atoms with E-state index in [0.29, 0.717) is 29.2 Å². The molecule has 0 aliphatic carbocycles. The highest BCUT2D eigenvalue weighted by atomic mass is 35.5. The number of nitrogens with zero attached hydrogens (tertiary/aromatic N) is 3. The zero-order chi connectivity index (χ0) is 27.9. The van der Waals surface area contributed by atoms with Crippen LogP contribution in [0.2, 0.25) is 5.02 Å². The number of thiazole rings is 1. The molecule has 0 spiro atoms. The summed E-state index contributed by atoms with van der Waals surface area (Å²) in [6.45, 7) is 6.05. The first-order valence-corrected chi connectivity index (χ1v) is 14.5. The average molecular weight is 587 g/mol. The van der Waals surface area contributed by atoms with Crippen LogP contribution in [0.3, 0.4) is 0 Å². The number of pyridine rings is 1.